The van der Waals surface area contributed by atoms with Gasteiger partial charge in [0.2, 0.25) is 6.41 Å². The number of amides is 2. The molecule has 0 spiro atoms. The highest BCUT2D eigenvalue weighted by atomic mass is 16.2. The number of hydrogen-bond acceptors (Lipinski definition) is 5. The molecule has 2 amide bonds. The SMILES string of the molecule is CCCN(CCC)C(=O)c1cc(N2CCN(C=O)CC2)ncn1. The Bertz CT molecular complexity index is 523. The van der Waals surface area contributed by atoms with Crippen LogP contribution in [0, 0.1) is 0 Å². The van der Waals surface area contributed by atoms with Crippen molar-refractivity contribution in [2.45, 2.75) is 26.7 Å². The van der Waals surface area contributed by atoms with Gasteiger partial charge in [-0.1, -0.05) is 13.8 Å². The second-order valence-electron chi connectivity index (χ2n) is 5.68. The van der Waals surface area contributed by atoms with Gasteiger partial charge in [0.25, 0.3) is 5.91 Å². The normalized spacial score (nSPS) is 14.7. The van der Waals surface area contributed by atoms with Crippen LogP contribution in [0.2, 0.25) is 0 Å². The number of anilines is 1. The van der Waals surface area contributed by atoms with Gasteiger partial charge in [-0.25, -0.2) is 9.97 Å². The standard InChI is InChI=1S/C16H25N5O2/c1-3-5-21(6-4-2)16(23)14-11-15(18-12-17-14)20-9-7-19(13-22)8-10-20/h11-13H,3-10H2,1-2H3. The Labute approximate surface area is 137 Å². The van der Waals surface area contributed by atoms with Gasteiger partial charge in [-0.05, 0) is 12.8 Å². The summed E-state index contributed by atoms with van der Waals surface area (Å²) in [6, 6.07) is 1.76. The van der Waals surface area contributed by atoms with Crippen LogP contribution in [0.5, 0.6) is 0 Å². The highest BCUT2D eigenvalue weighted by Crippen LogP contribution is 2.15. The van der Waals surface area contributed by atoms with E-state index in [0.29, 0.717) is 18.8 Å². The predicted octanol–water partition coefficient (Wildman–Crippen LogP) is 1.02. The number of nitrogens with zero attached hydrogens (tertiary/aromatic N) is 5. The monoisotopic (exact) mass is 319 g/mol. The second-order valence-corrected chi connectivity index (χ2v) is 5.68. The van der Waals surface area contributed by atoms with Crippen LogP contribution in [0.25, 0.3) is 0 Å². The maximum atomic E-state index is 12.6. The maximum absolute atomic E-state index is 12.6. The lowest BCUT2D eigenvalue weighted by atomic mass is 10.2. The lowest BCUT2D eigenvalue weighted by Crippen LogP contribution is -2.46. The molecule has 1 fully saturated rings. The molecule has 1 aliphatic rings. The van der Waals surface area contributed by atoms with Crippen LogP contribution >= 0.6 is 0 Å². The van der Waals surface area contributed by atoms with Crippen molar-refractivity contribution >= 4 is 18.1 Å². The Balaban J connectivity index is 2.09. The molecule has 23 heavy (non-hydrogen) atoms. The van der Waals surface area contributed by atoms with Gasteiger partial charge in [-0.3, -0.25) is 9.59 Å². The summed E-state index contributed by atoms with van der Waals surface area (Å²) in [7, 11) is 0. The third-order valence-corrected chi connectivity index (χ3v) is 3.93. The van der Waals surface area contributed by atoms with Crippen LogP contribution in [0.4, 0.5) is 5.82 Å². The van der Waals surface area contributed by atoms with Gasteiger partial charge in [-0.2, -0.15) is 0 Å². The van der Waals surface area contributed by atoms with Gasteiger partial charge >= 0.3 is 0 Å². The summed E-state index contributed by atoms with van der Waals surface area (Å²) in [5.74, 6) is 0.714. The Hall–Kier alpha value is -2.18. The van der Waals surface area contributed by atoms with Crippen LogP contribution in [-0.4, -0.2) is 71.4 Å². The minimum absolute atomic E-state index is 0.0381. The Morgan fingerprint density at radius 2 is 1.83 bits per heavy atom. The summed E-state index contributed by atoms with van der Waals surface area (Å²) < 4.78 is 0. The second kappa shape index (κ2) is 8.45. The van der Waals surface area contributed by atoms with Crippen molar-refractivity contribution in [2.75, 3.05) is 44.2 Å². The topological polar surface area (TPSA) is 69.6 Å². The molecule has 0 saturated carbocycles. The van der Waals surface area contributed by atoms with Crippen LogP contribution in [0.1, 0.15) is 37.2 Å². The van der Waals surface area contributed by atoms with E-state index in [1.807, 2.05) is 4.90 Å². The van der Waals surface area contributed by atoms with Crippen molar-refractivity contribution in [3.8, 4) is 0 Å². The zero-order valence-electron chi connectivity index (χ0n) is 13.9. The summed E-state index contributed by atoms with van der Waals surface area (Å²) in [6.45, 7) is 8.40. The largest absolute Gasteiger partial charge is 0.353 e. The van der Waals surface area contributed by atoms with Gasteiger partial charge in [0.05, 0.1) is 0 Å². The summed E-state index contributed by atoms with van der Waals surface area (Å²) in [5, 5.41) is 0. The molecule has 2 rings (SSSR count). The minimum atomic E-state index is -0.0381. The summed E-state index contributed by atoms with van der Waals surface area (Å²) >= 11 is 0. The quantitative estimate of drug-likeness (QED) is 0.702. The number of carbonyl (C=O) groups is 2. The van der Waals surface area contributed by atoms with E-state index in [1.165, 1.54) is 6.33 Å². The van der Waals surface area contributed by atoms with Crippen LogP contribution < -0.4 is 4.90 Å². The molecular formula is C16H25N5O2. The molecule has 1 aromatic rings. The number of carbonyl (C=O) groups excluding carboxylic acids is 2. The number of hydrogen-bond donors (Lipinski definition) is 0. The third-order valence-electron chi connectivity index (χ3n) is 3.93. The number of rotatable bonds is 7. The highest BCUT2D eigenvalue weighted by molar-refractivity contribution is 5.92. The van der Waals surface area contributed by atoms with E-state index in [2.05, 4.69) is 28.7 Å². The van der Waals surface area contributed by atoms with Crippen molar-refractivity contribution in [1.82, 2.24) is 19.8 Å². The molecule has 7 nitrogen and oxygen atoms in total. The minimum Gasteiger partial charge on any atom is -0.353 e. The lowest BCUT2D eigenvalue weighted by molar-refractivity contribution is -0.118. The smallest absolute Gasteiger partial charge is 0.272 e. The molecule has 7 heteroatoms. The van der Waals surface area contributed by atoms with Crippen molar-refractivity contribution in [3.63, 3.8) is 0 Å². The molecule has 0 aliphatic carbocycles. The first-order valence-corrected chi connectivity index (χ1v) is 8.25. The average Bonchev–Trinajstić information content (AvgIpc) is 2.61. The van der Waals surface area contributed by atoms with Crippen LogP contribution in [-0.2, 0) is 4.79 Å². The Morgan fingerprint density at radius 1 is 1.17 bits per heavy atom. The molecule has 1 aromatic heterocycles. The molecular weight excluding hydrogens is 294 g/mol. The molecule has 1 aliphatic heterocycles. The van der Waals surface area contributed by atoms with Crippen molar-refractivity contribution in [2.24, 2.45) is 0 Å². The van der Waals surface area contributed by atoms with E-state index in [4.69, 9.17) is 0 Å². The highest BCUT2D eigenvalue weighted by Gasteiger charge is 2.20. The van der Waals surface area contributed by atoms with Crippen molar-refractivity contribution in [3.05, 3.63) is 18.1 Å². The number of aromatic nitrogens is 2. The van der Waals surface area contributed by atoms with E-state index in [0.717, 1.165) is 51.2 Å². The first-order valence-electron chi connectivity index (χ1n) is 8.25. The Morgan fingerprint density at radius 3 is 2.39 bits per heavy atom. The van der Waals surface area contributed by atoms with Gasteiger partial charge in [0.15, 0.2) is 0 Å². The fraction of sp³-hybridized carbons (Fsp3) is 0.625. The van der Waals surface area contributed by atoms with Crippen LogP contribution in [0.3, 0.4) is 0 Å². The van der Waals surface area contributed by atoms with E-state index in [-0.39, 0.29) is 5.91 Å². The molecule has 0 atom stereocenters. The van der Waals surface area contributed by atoms with E-state index in [9.17, 15) is 9.59 Å². The fourth-order valence-electron chi connectivity index (χ4n) is 2.71. The molecule has 126 valence electrons. The van der Waals surface area contributed by atoms with E-state index < -0.39 is 0 Å². The van der Waals surface area contributed by atoms with Gasteiger partial charge in [-0.15, -0.1) is 0 Å². The number of piperazine rings is 1. The van der Waals surface area contributed by atoms with E-state index >= 15 is 0 Å². The van der Waals surface area contributed by atoms with Gasteiger partial charge in [0.1, 0.15) is 17.8 Å². The zero-order valence-corrected chi connectivity index (χ0v) is 13.9. The molecule has 2 heterocycles. The average molecular weight is 319 g/mol. The van der Waals surface area contributed by atoms with Crippen LogP contribution in [0.15, 0.2) is 12.4 Å². The Kier molecular flexibility index (Phi) is 6.31. The molecule has 0 bridgehead atoms. The summed E-state index contributed by atoms with van der Waals surface area (Å²) in [5.41, 5.74) is 0.440. The molecule has 1 saturated heterocycles. The summed E-state index contributed by atoms with van der Waals surface area (Å²) in [6.07, 6.45) is 4.18. The molecule has 0 radical (unpaired) electrons. The molecule has 0 aromatic carbocycles. The first-order chi connectivity index (χ1) is 11.2. The molecule has 0 unspecified atom stereocenters. The van der Waals surface area contributed by atoms with Crippen molar-refractivity contribution in [1.29, 1.82) is 0 Å². The molecule has 0 N–H and O–H groups in total. The fourth-order valence-corrected chi connectivity index (χ4v) is 2.71. The zero-order chi connectivity index (χ0) is 16.7. The van der Waals surface area contributed by atoms with E-state index in [1.54, 1.807) is 11.0 Å². The van der Waals surface area contributed by atoms with Gasteiger partial charge < -0.3 is 14.7 Å². The third kappa shape index (κ3) is 4.40. The first kappa shape index (κ1) is 17.2. The predicted molar refractivity (Wildman–Crippen MR) is 88.4 cm³/mol. The van der Waals surface area contributed by atoms with Gasteiger partial charge in [0, 0.05) is 45.3 Å². The van der Waals surface area contributed by atoms with Crippen molar-refractivity contribution < 1.29 is 9.59 Å². The lowest BCUT2D eigenvalue weighted by Gasteiger charge is -2.33. The summed E-state index contributed by atoms with van der Waals surface area (Å²) in [4.78, 5) is 37.5. The maximum Gasteiger partial charge on any atom is 0.272 e.